The zero-order chi connectivity index (χ0) is 26.6. The lowest BCUT2D eigenvalue weighted by atomic mass is 9.92. The molecule has 1 unspecified atom stereocenters. The van der Waals surface area contributed by atoms with Crippen molar-refractivity contribution in [1.29, 1.82) is 0 Å². The lowest BCUT2D eigenvalue weighted by molar-refractivity contribution is -0.0361. The molecule has 2 heterocycles. The van der Waals surface area contributed by atoms with E-state index in [4.69, 9.17) is 11.6 Å². The quantitative estimate of drug-likeness (QED) is 0.339. The first kappa shape index (κ1) is 27.2. The molecule has 37 heavy (non-hydrogen) atoms. The van der Waals surface area contributed by atoms with Crippen molar-refractivity contribution in [3.63, 3.8) is 0 Å². The molecule has 0 spiro atoms. The molecule has 0 radical (unpaired) electrons. The maximum atomic E-state index is 13.8. The smallest absolute Gasteiger partial charge is 0.271 e. The number of carbonyl (C=O) groups excluding carboxylic acids is 1. The Kier molecular flexibility index (Phi) is 8.60. The topological polar surface area (TPSA) is 105 Å². The number of nitrogens with zero attached hydrogens (tertiary/aromatic N) is 4. The van der Waals surface area contributed by atoms with Crippen molar-refractivity contribution >= 4 is 35.6 Å². The van der Waals surface area contributed by atoms with E-state index in [0.29, 0.717) is 40.8 Å². The van der Waals surface area contributed by atoms with Crippen LogP contribution in [0.25, 0.3) is 5.82 Å². The van der Waals surface area contributed by atoms with Crippen molar-refractivity contribution in [2.75, 3.05) is 11.9 Å². The molecule has 0 saturated heterocycles. The van der Waals surface area contributed by atoms with Crippen LogP contribution >= 0.6 is 23.7 Å². The summed E-state index contributed by atoms with van der Waals surface area (Å²) in [5.41, 5.74) is 1.26. The predicted octanol–water partition coefficient (Wildman–Crippen LogP) is 5.06. The summed E-state index contributed by atoms with van der Waals surface area (Å²) in [5.74, 6) is -2.48. The second-order valence-corrected chi connectivity index (χ2v) is 10.1. The number of aliphatic hydroxyl groups is 1. The fourth-order valence-corrected chi connectivity index (χ4v) is 4.90. The number of aromatic nitrogens is 4. The van der Waals surface area contributed by atoms with Gasteiger partial charge in [0.1, 0.15) is 17.8 Å². The third-order valence-corrected chi connectivity index (χ3v) is 7.23. The molecule has 1 aliphatic carbocycles. The SMILES string of the molecule is Cc1cnc(NC2CCC(F)(F)CC2)nc1-n1cnc(C(=O)N[C@H](CO)C(SF)c2cccc(Cl)c2)c1. The van der Waals surface area contributed by atoms with Crippen molar-refractivity contribution in [1.82, 2.24) is 24.8 Å². The van der Waals surface area contributed by atoms with Crippen molar-refractivity contribution in [2.24, 2.45) is 0 Å². The number of aryl methyl sites for hydroxylation is 1. The zero-order valence-electron chi connectivity index (χ0n) is 19.9. The average Bonchev–Trinajstić information content (AvgIpc) is 3.36. The maximum absolute atomic E-state index is 13.8. The van der Waals surface area contributed by atoms with Gasteiger partial charge in [0.2, 0.25) is 11.9 Å². The standard InChI is InChI=1S/C24H26ClF3N6O2S/c1-14-10-29-23(31-17-5-7-24(26,27)8-6-17)33-21(14)34-11-18(30-13-34)22(36)32-19(12-35)20(37-28)15-3-2-4-16(25)9-15/h2-4,9-11,13,17,19-20,35H,5-8,12H2,1H3,(H,32,36)(H,29,31,33)/t19-,20?/m1/s1. The summed E-state index contributed by atoms with van der Waals surface area (Å²) in [7, 11) is 0. The summed E-state index contributed by atoms with van der Waals surface area (Å²) >= 11 is 6.00. The van der Waals surface area contributed by atoms with Crippen LogP contribution in [0.15, 0.2) is 43.0 Å². The molecule has 8 nitrogen and oxygen atoms in total. The van der Waals surface area contributed by atoms with Crippen LogP contribution in [0.5, 0.6) is 0 Å². The normalized spacial score (nSPS) is 17.2. The number of benzene rings is 1. The Morgan fingerprint density at radius 3 is 2.76 bits per heavy atom. The fraction of sp³-hybridized carbons (Fsp3) is 0.417. The number of rotatable bonds is 9. The molecule has 0 aliphatic heterocycles. The van der Waals surface area contributed by atoms with Crippen LogP contribution in [0.4, 0.5) is 18.6 Å². The highest BCUT2D eigenvalue weighted by Crippen LogP contribution is 2.35. The van der Waals surface area contributed by atoms with Crippen LogP contribution in [0, 0.1) is 6.92 Å². The molecule has 1 fully saturated rings. The molecule has 3 aromatic rings. The molecule has 1 amide bonds. The number of hydrogen-bond acceptors (Lipinski definition) is 7. The molecule has 13 heteroatoms. The first-order valence-corrected chi connectivity index (χ1v) is 12.8. The Labute approximate surface area is 221 Å². The Bertz CT molecular complexity index is 1240. The molecule has 2 aromatic heterocycles. The minimum Gasteiger partial charge on any atom is -0.394 e. The van der Waals surface area contributed by atoms with Crippen LogP contribution in [0.2, 0.25) is 5.02 Å². The van der Waals surface area contributed by atoms with Gasteiger partial charge in [0.05, 0.1) is 30.0 Å². The minimum absolute atomic E-state index is 0.00326. The van der Waals surface area contributed by atoms with Gasteiger partial charge in [-0.25, -0.2) is 18.7 Å². The van der Waals surface area contributed by atoms with E-state index >= 15 is 0 Å². The van der Waals surface area contributed by atoms with E-state index in [2.05, 4.69) is 25.6 Å². The number of carbonyl (C=O) groups is 1. The van der Waals surface area contributed by atoms with Gasteiger partial charge in [0.25, 0.3) is 5.91 Å². The van der Waals surface area contributed by atoms with Crippen molar-refractivity contribution in [2.45, 2.75) is 55.9 Å². The van der Waals surface area contributed by atoms with Gasteiger partial charge in [0, 0.05) is 41.9 Å². The number of anilines is 1. The Hall–Kier alpha value is -2.83. The molecule has 1 aliphatic rings. The van der Waals surface area contributed by atoms with Gasteiger partial charge >= 0.3 is 0 Å². The van der Waals surface area contributed by atoms with Crippen LogP contribution in [-0.4, -0.2) is 55.1 Å². The summed E-state index contributed by atoms with van der Waals surface area (Å²) in [6.07, 6.45) is 4.72. The van der Waals surface area contributed by atoms with Gasteiger partial charge in [-0.15, -0.1) is 0 Å². The number of imidazole rings is 1. The maximum Gasteiger partial charge on any atom is 0.271 e. The van der Waals surface area contributed by atoms with E-state index in [1.165, 1.54) is 12.5 Å². The average molecular weight is 555 g/mol. The van der Waals surface area contributed by atoms with Gasteiger partial charge in [-0.1, -0.05) is 23.7 Å². The number of halogens is 4. The van der Waals surface area contributed by atoms with Gasteiger partial charge in [-0.2, -0.15) is 8.87 Å². The highest BCUT2D eigenvalue weighted by Gasteiger charge is 2.35. The summed E-state index contributed by atoms with van der Waals surface area (Å²) in [6.45, 7) is 1.28. The summed E-state index contributed by atoms with van der Waals surface area (Å²) in [6, 6.07) is 5.45. The molecule has 3 N–H and O–H groups in total. The summed E-state index contributed by atoms with van der Waals surface area (Å²) in [5, 5.41) is 15.1. The van der Waals surface area contributed by atoms with Crippen LogP contribution in [0.3, 0.4) is 0 Å². The number of nitrogens with one attached hydrogen (secondary N) is 2. The minimum atomic E-state index is -2.63. The number of hydrogen-bond donors (Lipinski definition) is 3. The van der Waals surface area contributed by atoms with Crippen LogP contribution in [0.1, 0.15) is 52.5 Å². The Balaban J connectivity index is 1.46. The third-order valence-electron chi connectivity index (χ3n) is 6.21. The van der Waals surface area contributed by atoms with Gasteiger partial charge < -0.3 is 15.7 Å². The molecular formula is C24H26ClF3N6O2S. The van der Waals surface area contributed by atoms with E-state index in [1.807, 2.05) is 0 Å². The highest BCUT2D eigenvalue weighted by molar-refractivity contribution is 7.94. The Morgan fingerprint density at radius 2 is 2.08 bits per heavy atom. The van der Waals surface area contributed by atoms with Gasteiger partial charge in [-0.05, 0) is 37.5 Å². The second kappa shape index (κ2) is 11.7. The van der Waals surface area contributed by atoms with E-state index in [-0.39, 0.29) is 36.7 Å². The highest BCUT2D eigenvalue weighted by atomic mass is 35.5. The third kappa shape index (κ3) is 6.74. The van der Waals surface area contributed by atoms with Crippen molar-refractivity contribution < 1.29 is 22.6 Å². The zero-order valence-corrected chi connectivity index (χ0v) is 21.4. The number of alkyl halides is 2. The molecule has 1 saturated carbocycles. The first-order valence-electron chi connectivity index (χ1n) is 11.7. The van der Waals surface area contributed by atoms with Crippen LogP contribution < -0.4 is 10.6 Å². The predicted molar refractivity (Wildman–Crippen MR) is 136 cm³/mol. The van der Waals surface area contributed by atoms with E-state index in [0.717, 1.165) is 0 Å². The van der Waals surface area contributed by atoms with Gasteiger partial charge in [-0.3, -0.25) is 9.36 Å². The number of aliphatic hydroxyl groups excluding tert-OH is 1. The molecular weight excluding hydrogens is 529 g/mol. The molecule has 0 bridgehead atoms. The Morgan fingerprint density at radius 1 is 1.32 bits per heavy atom. The lowest BCUT2D eigenvalue weighted by Gasteiger charge is -2.28. The molecule has 4 rings (SSSR count). The molecule has 2 atom stereocenters. The van der Waals surface area contributed by atoms with Gasteiger partial charge in [0.15, 0.2) is 0 Å². The summed E-state index contributed by atoms with van der Waals surface area (Å²) < 4.78 is 42.3. The molecule has 1 aromatic carbocycles. The molecule has 198 valence electrons. The lowest BCUT2D eigenvalue weighted by Crippen LogP contribution is -2.41. The second-order valence-electron chi connectivity index (χ2n) is 8.97. The van der Waals surface area contributed by atoms with E-state index < -0.39 is 29.7 Å². The first-order chi connectivity index (χ1) is 17.7. The van der Waals surface area contributed by atoms with Crippen LogP contribution in [-0.2, 0) is 0 Å². The monoisotopic (exact) mass is 554 g/mol. The fourth-order valence-electron chi connectivity index (χ4n) is 4.18. The largest absolute Gasteiger partial charge is 0.394 e. The van der Waals surface area contributed by atoms with E-state index in [1.54, 1.807) is 42.0 Å². The van der Waals surface area contributed by atoms with Crippen molar-refractivity contribution in [3.05, 3.63) is 64.8 Å². The van der Waals surface area contributed by atoms with Crippen molar-refractivity contribution in [3.8, 4) is 5.82 Å². The number of amides is 1. The van der Waals surface area contributed by atoms with E-state index in [9.17, 15) is 22.6 Å². The summed E-state index contributed by atoms with van der Waals surface area (Å²) in [4.78, 5) is 25.8.